The lowest BCUT2D eigenvalue weighted by atomic mass is 9.77. The number of hydrogen-bond acceptors (Lipinski definition) is 1. The minimum Gasteiger partial charge on any atom is -0.490 e. The van der Waals surface area contributed by atoms with Gasteiger partial charge < -0.3 is 4.74 Å². The standard InChI is InChI=1S/C19H28F2O/c1-3-5-6-14-7-9-15(10-8-14)16-11-12-17(22-13-4-2)19(21)18(16)20/h11-12,14-15H,3-10,13H2,1-2H3/t14-,15-. The van der Waals surface area contributed by atoms with Crippen molar-refractivity contribution in [2.75, 3.05) is 6.61 Å². The summed E-state index contributed by atoms with van der Waals surface area (Å²) < 4.78 is 33.7. The lowest BCUT2D eigenvalue weighted by Crippen LogP contribution is -2.15. The van der Waals surface area contributed by atoms with E-state index in [1.54, 1.807) is 12.1 Å². The number of unbranched alkanes of at least 4 members (excludes halogenated alkanes) is 1. The molecule has 0 bridgehead atoms. The van der Waals surface area contributed by atoms with E-state index in [0.29, 0.717) is 12.2 Å². The molecule has 1 aliphatic rings. The fraction of sp³-hybridized carbons (Fsp3) is 0.684. The maximum Gasteiger partial charge on any atom is 0.200 e. The van der Waals surface area contributed by atoms with E-state index in [0.717, 1.165) is 38.0 Å². The Morgan fingerprint density at radius 3 is 2.36 bits per heavy atom. The Morgan fingerprint density at radius 1 is 1.00 bits per heavy atom. The molecule has 1 fully saturated rings. The van der Waals surface area contributed by atoms with Gasteiger partial charge in [-0.3, -0.25) is 0 Å². The molecular weight excluding hydrogens is 282 g/mol. The third-order valence-electron chi connectivity index (χ3n) is 4.79. The monoisotopic (exact) mass is 310 g/mol. The Labute approximate surface area is 133 Å². The van der Waals surface area contributed by atoms with Gasteiger partial charge in [0.05, 0.1) is 6.61 Å². The van der Waals surface area contributed by atoms with E-state index in [9.17, 15) is 8.78 Å². The van der Waals surface area contributed by atoms with Crippen LogP contribution in [0.25, 0.3) is 0 Å². The van der Waals surface area contributed by atoms with Crippen molar-refractivity contribution in [2.24, 2.45) is 5.92 Å². The van der Waals surface area contributed by atoms with Gasteiger partial charge in [0, 0.05) is 0 Å². The number of rotatable bonds is 7. The first-order chi connectivity index (χ1) is 10.7. The molecule has 0 aliphatic heterocycles. The van der Waals surface area contributed by atoms with Gasteiger partial charge in [0.1, 0.15) is 0 Å². The van der Waals surface area contributed by atoms with Crippen molar-refractivity contribution in [3.05, 3.63) is 29.3 Å². The van der Waals surface area contributed by atoms with Crippen LogP contribution in [0.4, 0.5) is 8.78 Å². The minimum absolute atomic E-state index is 0.0414. The predicted molar refractivity (Wildman–Crippen MR) is 86.4 cm³/mol. The van der Waals surface area contributed by atoms with Crippen LogP contribution in [0.5, 0.6) is 5.75 Å². The third-order valence-corrected chi connectivity index (χ3v) is 4.79. The van der Waals surface area contributed by atoms with E-state index in [4.69, 9.17) is 4.74 Å². The summed E-state index contributed by atoms with van der Waals surface area (Å²) in [7, 11) is 0. The Hall–Kier alpha value is -1.12. The van der Waals surface area contributed by atoms with E-state index in [2.05, 4.69) is 6.92 Å². The molecule has 1 aromatic carbocycles. The van der Waals surface area contributed by atoms with Gasteiger partial charge >= 0.3 is 0 Å². The van der Waals surface area contributed by atoms with Gasteiger partial charge in [-0.15, -0.1) is 0 Å². The molecule has 0 N–H and O–H groups in total. The summed E-state index contributed by atoms with van der Waals surface area (Å²) >= 11 is 0. The smallest absolute Gasteiger partial charge is 0.200 e. The molecule has 124 valence electrons. The van der Waals surface area contributed by atoms with Gasteiger partial charge in [0.15, 0.2) is 11.6 Å². The topological polar surface area (TPSA) is 9.23 Å². The SMILES string of the molecule is CCCC[C@H]1CC[C@H](c2ccc(OCCC)c(F)c2F)CC1. The van der Waals surface area contributed by atoms with E-state index in [1.807, 2.05) is 6.92 Å². The first-order valence-corrected chi connectivity index (χ1v) is 8.78. The second-order valence-corrected chi connectivity index (χ2v) is 6.49. The van der Waals surface area contributed by atoms with E-state index < -0.39 is 11.6 Å². The predicted octanol–water partition coefficient (Wildman–Crippen LogP) is 6.22. The van der Waals surface area contributed by atoms with Crippen LogP contribution >= 0.6 is 0 Å². The molecule has 22 heavy (non-hydrogen) atoms. The second-order valence-electron chi connectivity index (χ2n) is 6.49. The van der Waals surface area contributed by atoms with E-state index in [-0.39, 0.29) is 11.7 Å². The van der Waals surface area contributed by atoms with Crippen molar-refractivity contribution < 1.29 is 13.5 Å². The van der Waals surface area contributed by atoms with Crippen LogP contribution in [0, 0.1) is 17.6 Å². The van der Waals surface area contributed by atoms with E-state index in [1.165, 1.54) is 19.3 Å². The Bertz CT molecular complexity index is 465. The molecule has 0 heterocycles. The number of hydrogen-bond donors (Lipinski definition) is 0. The zero-order valence-electron chi connectivity index (χ0n) is 13.8. The summed E-state index contributed by atoms with van der Waals surface area (Å²) in [6, 6.07) is 3.31. The van der Waals surface area contributed by atoms with Crippen molar-refractivity contribution in [1.29, 1.82) is 0 Å². The highest BCUT2D eigenvalue weighted by molar-refractivity contribution is 5.33. The molecule has 2 rings (SSSR count). The minimum atomic E-state index is -0.820. The fourth-order valence-corrected chi connectivity index (χ4v) is 3.44. The molecular formula is C19H28F2O. The Kier molecular flexibility index (Phi) is 6.66. The maximum absolute atomic E-state index is 14.3. The second kappa shape index (κ2) is 8.50. The Balaban J connectivity index is 2.00. The van der Waals surface area contributed by atoms with Crippen LogP contribution in [0.3, 0.4) is 0 Å². The fourth-order valence-electron chi connectivity index (χ4n) is 3.44. The number of halogens is 2. The average molecular weight is 310 g/mol. The first-order valence-electron chi connectivity index (χ1n) is 8.78. The summed E-state index contributed by atoms with van der Waals surface area (Å²) in [6.07, 6.45) is 8.80. The molecule has 0 spiro atoms. The highest BCUT2D eigenvalue weighted by Gasteiger charge is 2.26. The summed E-state index contributed by atoms with van der Waals surface area (Å²) in [5, 5.41) is 0. The molecule has 0 aromatic heterocycles. The highest BCUT2D eigenvalue weighted by atomic mass is 19.2. The Morgan fingerprint density at radius 2 is 1.73 bits per heavy atom. The molecule has 3 heteroatoms. The van der Waals surface area contributed by atoms with Crippen molar-refractivity contribution >= 4 is 0 Å². The number of benzene rings is 1. The average Bonchev–Trinajstić information content (AvgIpc) is 2.55. The van der Waals surface area contributed by atoms with Crippen molar-refractivity contribution in [2.45, 2.75) is 71.1 Å². The van der Waals surface area contributed by atoms with Crippen LogP contribution in [-0.2, 0) is 0 Å². The van der Waals surface area contributed by atoms with Crippen molar-refractivity contribution in [3.63, 3.8) is 0 Å². The quantitative estimate of drug-likeness (QED) is 0.581. The molecule has 1 aliphatic carbocycles. The lowest BCUT2D eigenvalue weighted by Gasteiger charge is -2.29. The maximum atomic E-state index is 14.3. The molecule has 1 aromatic rings. The molecule has 1 nitrogen and oxygen atoms in total. The summed E-state index contributed by atoms with van der Waals surface area (Å²) in [5.41, 5.74) is 0.537. The highest BCUT2D eigenvalue weighted by Crippen LogP contribution is 2.39. The molecule has 0 radical (unpaired) electrons. The largest absolute Gasteiger partial charge is 0.490 e. The van der Waals surface area contributed by atoms with Gasteiger partial charge in [-0.1, -0.05) is 39.2 Å². The number of ether oxygens (including phenoxy) is 1. The van der Waals surface area contributed by atoms with Crippen LogP contribution in [0.15, 0.2) is 12.1 Å². The van der Waals surface area contributed by atoms with Gasteiger partial charge in [-0.05, 0) is 55.6 Å². The zero-order chi connectivity index (χ0) is 15.9. The van der Waals surface area contributed by atoms with E-state index >= 15 is 0 Å². The molecule has 0 amide bonds. The van der Waals surface area contributed by atoms with Gasteiger partial charge in [0.25, 0.3) is 0 Å². The van der Waals surface area contributed by atoms with Crippen LogP contribution in [0.2, 0.25) is 0 Å². The van der Waals surface area contributed by atoms with Crippen LogP contribution < -0.4 is 4.74 Å². The molecule has 0 unspecified atom stereocenters. The van der Waals surface area contributed by atoms with Gasteiger partial charge in [0.2, 0.25) is 5.82 Å². The molecule has 0 saturated heterocycles. The van der Waals surface area contributed by atoms with Gasteiger partial charge in [-0.2, -0.15) is 4.39 Å². The molecule has 1 saturated carbocycles. The summed E-state index contributed by atoms with van der Waals surface area (Å²) in [4.78, 5) is 0. The van der Waals surface area contributed by atoms with Crippen molar-refractivity contribution in [3.8, 4) is 5.75 Å². The summed E-state index contributed by atoms with van der Waals surface area (Å²) in [6.45, 7) is 4.57. The van der Waals surface area contributed by atoms with Gasteiger partial charge in [-0.25, -0.2) is 4.39 Å². The lowest BCUT2D eigenvalue weighted by molar-refractivity contribution is 0.286. The van der Waals surface area contributed by atoms with Crippen molar-refractivity contribution in [1.82, 2.24) is 0 Å². The van der Waals surface area contributed by atoms with Crippen LogP contribution in [0.1, 0.15) is 76.7 Å². The normalized spacial score (nSPS) is 21.8. The first kappa shape index (κ1) is 17.2. The third kappa shape index (κ3) is 4.21. The summed E-state index contributed by atoms with van der Waals surface area (Å²) in [5.74, 6) is -0.548. The van der Waals surface area contributed by atoms with Crippen LogP contribution in [-0.4, -0.2) is 6.61 Å². The zero-order valence-corrected chi connectivity index (χ0v) is 13.8. The molecule has 0 atom stereocenters.